The summed E-state index contributed by atoms with van der Waals surface area (Å²) in [5, 5.41) is 2.12. The number of nitrogens with two attached hydrogens (primary N) is 1. The zero-order valence-electron chi connectivity index (χ0n) is 13.1. The fourth-order valence-electron chi connectivity index (χ4n) is 2.25. The lowest BCUT2D eigenvalue weighted by Crippen LogP contribution is -2.30. The van der Waals surface area contributed by atoms with Gasteiger partial charge in [-0.15, -0.1) is 11.3 Å². The predicted octanol–water partition coefficient (Wildman–Crippen LogP) is 3.84. The van der Waals surface area contributed by atoms with Crippen molar-refractivity contribution in [2.24, 2.45) is 5.73 Å². The first-order valence-electron chi connectivity index (χ1n) is 7.59. The molecule has 21 heavy (non-hydrogen) atoms. The highest BCUT2D eigenvalue weighted by Gasteiger charge is 2.13. The Balaban J connectivity index is 2.10. The lowest BCUT2D eigenvalue weighted by Gasteiger charge is -2.27. The fourth-order valence-corrected chi connectivity index (χ4v) is 2.96. The van der Waals surface area contributed by atoms with E-state index in [0.29, 0.717) is 6.04 Å². The Morgan fingerprint density at radius 3 is 2.62 bits per heavy atom. The van der Waals surface area contributed by atoms with Gasteiger partial charge in [-0.2, -0.15) is 0 Å². The molecule has 114 valence electrons. The van der Waals surface area contributed by atoms with Crippen molar-refractivity contribution in [2.45, 2.75) is 52.2 Å². The van der Waals surface area contributed by atoms with Crippen LogP contribution in [0.2, 0.25) is 0 Å². The predicted molar refractivity (Wildman–Crippen MR) is 91.8 cm³/mol. The van der Waals surface area contributed by atoms with Crippen LogP contribution < -0.4 is 10.6 Å². The van der Waals surface area contributed by atoms with E-state index < -0.39 is 0 Å². The summed E-state index contributed by atoms with van der Waals surface area (Å²) in [6.45, 7) is 7.44. The number of hydrogen-bond acceptors (Lipinski definition) is 4. The SMILES string of the molecule is CCC(N)Cc1ccc(N(Cc2cccs2)C(C)C)nc1. The molecule has 2 rings (SSSR count). The van der Waals surface area contributed by atoms with Crippen molar-refractivity contribution in [1.29, 1.82) is 0 Å². The van der Waals surface area contributed by atoms with Crippen LogP contribution in [0.5, 0.6) is 0 Å². The van der Waals surface area contributed by atoms with Crippen LogP contribution in [0.25, 0.3) is 0 Å². The third-order valence-electron chi connectivity index (χ3n) is 3.66. The Hall–Kier alpha value is -1.39. The summed E-state index contributed by atoms with van der Waals surface area (Å²) in [7, 11) is 0. The number of anilines is 1. The summed E-state index contributed by atoms with van der Waals surface area (Å²) >= 11 is 1.79. The maximum absolute atomic E-state index is 6.00. The second-order valence-corrected chi connectivity index (χ2v) is 6.73. The van der Waals surface area contributed by atoms with E-state index in [-0.39, 0.29) is 6.04 Å². The molecule has 0 amide bonds. The van der Waals surface area contributed by atoms with E-state index in [2.05, 4.69) is 60.3 Å². The molecule has 0 aliphatic carbocycles. The second kappa shape index (κ2) is 7.57. The van der Waals surface area contributed by atoms with E-state index >= 15 is 0 Å². The van der Waals surface area contributed by atoms with Crippen molar-refractivity contribution in [3.05, 3.63) is 46.3 Å². The minimum absolute atomic E-state index is 0.227. The van der Waals surface area contributed by atoms with Crippen molar-refractivity contribution in [1.82, 2.24) is 4.98 Å². The first-order chi connectivity index (χ1) is 10.1. The average molecular weight is 303 g/mol. The topological polar surface area (TPSA) is 42.1 Å². The number of nitrogens with zero attached hydrogens (tertiary/aromatic N) is 2. The van der Waals surface area contributed by atoms with E-state index in [0.717, 1.165) is 25.2 Å². The Bertz CT molecular complexity index is 519. The molecule has 0 spiro atoms. The van der Waals surface area contributed by atoms with Crippen LogP contribution in [0.1, 0.15) is 37.6 Å². The highest BCUT2D eigenvalue weighted by atomic mass is 32.1. The molecule has 1 atom stereocenters. The van der Waals surface area contributed by atoms with Crippen LogP contribution in [0.15, 0.2) is 35.8 Å². The van der Waals surface area contributed by atoms with Gasteiger partial charge in [0.25, 0.3) is 0 Å². The van der Waals surface area contributed by atoms with Crippen LogP contribution in [0.4, 0.5) is 5.82 Å². The Morgan fingerprint density at radius 1 is 1.29 bits per heavy atom. The average Bonchev–Trinajstić information content (AvgIpc) is 2.98. The maximum Gasteiger partial charge on any atom is 0.129 e. The number of hydrogen-bond donors (Lipinski definition) is 1. The monoisotopic (exact) mass is 303 g/mol. The van der Waals surface area contributed by atoms with Gasteiger partial charge in [0.05, 0.1) is 6.54 Å². The minimum Gasteiger partial charge on any atom is -0.349 e. The Kier molecular flexibility index (Phi) is 5.76. The van der Waals surface area contributed by atoms with Gasteiger partial charge < -0.3 is 10.6 Å². The van der Waals surface area contributed by atoms with E-state index in [1.807, 2.05) is 6.20 Å². The molecule has 4 heteroatoms. The summed E-state index contributed by atoms with van der Waals surface area (Å²) in [4.78, 5) is 8.34. The third kappa shape index (κ3) is 4.55. The van der Waals surface area contributed by atoms with E-state index in [4.69, 9.17) is 5.73 Å². The lowest BCUT2D eigenvalue weighted by molar-refractivity contribution is 0.643. The van der Waals surface area contributed by atoms with Crippen molar-refractivity contribution >= 4 is 17.2 Å². The van der Waals surface area contributed by atoms with Crippen molar-refractivity contribution in [2.75, 3.05) is 4.90 Å². The molecular formula is C17H25N3S. The normalized spacial score (nSPS) is 12.6. The molecule has 0 fully saturated rings. The molecular weight excluding hydrogens is 278 g/mol. The summed E-state index contributed by atoms with van der Waals surface area (Å²) in [5.41, 5.74) is 7.22. The molecule has 0 radical (unpaired) electrons. The molecule has 0 saturated carbocycles. The number of pyridine rings is 1. The van der Waals surface area contributed by atoms with Gasteiger partial charge in [-0.3, -0.25) is 0 Å². The molecule has 3 nitrogen and oxygen atoms in total. The number of thiophene rings is 1. The molecule has 1 unspecified atom stereocenters. The third-order valence-corrected chi connectivity index (χ3v) is 4.52. The van der Waals surface area contributed by atoms with Crippen LogP contribution in [0.3, 0.4) is 0 Å². The van der Waals surface area contributed by atoms with Gasteiger partial charge in [-0.25, -0.2) is 4.98 Å². The smallest absolute Gasteiger partial charge is 0.129 e. The van der Waals surface area contributed by atoms with Gasteiger partial charge in [0.2, 0.25) is 0 Å². The number of rotatable bonds is 7. The zero-order valence-corrected chi connectivity index (χ0v) is 13.9. The molecule has 0 aromatic carbocycles. The van der Waals surface area contributed by atoms with Crippen LogP contribution in [0, 0.1) is 0 Å². The molecule has 0 aliphatic heterocycles. The fraction of sp³-hybridized carbons (Fsp3) is 0.471. The summed E-state index contributed by atoms with van der Waals surface area (Å²) in [6.07, 6.45) is 3.86. The first kappa shape index (κ1) is 16.0. The number of aromatic nitrogens is 1. The van der Waals surface area contributed by atoms with E-state index in [1.165, 1.54) is 10.4 Å². The van der Waals surface area contributed by atoms with Crippen LogP contribution in [-0.2, 0) is 13.0 Å². The van der Waals surface area contributed by atoms with Crippen molar-refractivity contribution in [3.63, 3.8) is 0 Å². The molecule has 0 bridgehead atoms. The molecule has 0 saturated heterocycles. The Morgan fingerprint density at radius 2 is 2.10 bits per heavy atom. The largest absolute Gasteiger partial charge is 0.349 e. The molecule has 2 N–H and O–H groups in total. The summed E-state index contributed by atoms with van der Waals surface area (Å²) in [6, 6.07) is 9.19. The van der Waals surface area contributed by atoms with Gasteiger partial charge in [0.15, 0.2) is 0 Å². The second-order valence-electron chi connectivity index (χ2n) is 5.70. The highest BCUT2D eigenvalue weighted by Crippen LogP contribution is 2.20. The van der Waals surface area contributed by atoms with Gasteiger partial charge >= 0.3 is 0 Å². The standard InChI is InChI=1S/C17H25N3S/c1-4-15(18)10-14-7-8-17(19-11-14)20(13(2)3)12-16-6-5-9-21-16/h5-9,11,13,15H,4,10,12,18H2,1-3H3. The van der Waals surface area contributed by atoms with Gasteiger partial charge in [-0.05, 0) is 49.8 Å². The van der Waals surface area contributed by atoms with Gasteiger partial charge in [0.1, 0.15) is 5.82 Å². The molecule has 2 heterocycles. The first-order valence-corrected chi connectivity index (χ1v) is 8.47. The lowest BCUT2D eigenvalue weighted by atomic mass is 10.1. The minimum atomic E-state index is 0.227. The van der Waals surface area contributed by atoms with Crippen molar-refractivity contribution < 1.29 is 0 Å². The summed E-state index contributed by atoms with van der Waals surface area (Å²) in [5.74, 6) is 1.03. The Labute approximate surface area is 131 Å². The molecule has 2 aromatic rings. The van der Waals surface area contributed by atoms with E-state index in [1.54, 1.807) is 11.3 Å². The highest BCUT2D eigenvalue weighted by molar-refractivity contribution is 7.09. The van der Waals surface area contributed by atoms with E-state index in [9.17, 15) is 0 Å². The zero-order chi connectivity index (χ0) is 15.2. The van der Waals surface area contributed by atoms with Crippen molar-refractivity contribution in [3.8, 4) is 0 Å². The van der Waals surface area contributed by atoms with Gasteiger partial charge in [-0.1, -0.05) is 19.1 Å². The molecule has 2 aromatic heterocycles. The maximum atomic E-state index is 6.00. The quantitative estimate of drug-likeness (QED) is 0.845. The van der Waals surface area contributed by atoms with Gasteiger partial charge in [0, 0.05) is 23.2 Å². The molecule has 0 aliphatic rings. The summed E-state index contributed by atoms with van der Waals surface area (Å²) < 4.78 is 0. The van der Waals surface area contributed by atoms with Crippen LogP contribution >= 0.6 is 11.3 Å². The van der Waals surface area contributed by atoms with Crippen LogP contribution in [-0.4, -0.2) is 17.1 Å².